The van der Waals surface area contributed by atoms with Crippen LogP contribution in [0.25, 0.3) is 0 Å². The summed E-state index contributed by atoms with van der Waals surface area (Å²) in [6.07, 6.45) is 3.84. The normalized spacial score (nSPS) is 18.4. The highest BCUT2D eigenvalue weighted by molar-refractivity contribution is 7.89. The quantitative estimate of drug-likeness (QED) is 0.833. The van der Waals surface area contributed by atoms with Crippen molar-refractivity contribution in [2.45, 2.75) is 26.4 Å². The Morgan fingerprint density at radius 2 is 2.15 bits per heavy atom. The van der Waals surface area contributed by atoms with Crippen molar-refractivity contribution in [3.05, 3.63) is 12.4 Å². The summed E-state index contributed by atoms with van der Waals surface area (Å²) in [5.41, 5.74) is 0. The van der Waals surface area contributed by atoms with E-state index in [1.807, 2.05) is 13.8 Å². The van der Waals surface area contributed by atoms with Crippen LogP contribution in [-0.2, 0) is 10.0 Å². The molecule has 7 nitrogen and oxygen atoms in total. The summed E-state index contributed by atoms with van der Waals surface area (Å²) >= 11 is 0. The van der Waals surface area contributed by atoms with E-state index < -0.39 is 10.0 Å². The number of hydrogen-bond acceptors (Lipinski definition) is 6. The number of aromatic nitrogens is 2. The van der Waals surface area contributed by atoms with Gasteiger partial charge in [0.25, 0.3) is 5.88 Å². The molecule has 1 saturated heterocycles. The molecule has 0 aromatic carbocycles. The van der Waals surface area contributed by atoms with E-state index in [1.165, 1.54) is 4.31 Å². The van der Waals surface area contributed by atoms with Gasteiger partial charge >= 0.3 is 0 Å². The number of hydrogen-bond donors (Lipinski definition) is 1. The standard InChI is InChI=1S/C12H20N4O3S/c1-10(2)19-12-11(13-4-5-15-12)14-6-8-16-7-3-9-20(16,17)18/h4-5,10H,3,6-9H2,1-2H3,(H,13,14). The van der Waals surface area contributed by atoms with Gasteiger partial charge in [0.15, 0.2) is 5.82 Å². The van der Waals surface area contributed by atoms with Crippen molar-refractivity contribution in [3.63, 3.8) is 0 Å². The van der Waals surface area contributed by atoms with Crippen LogP contribution in [0.4, 0.5) is 5.82 Å². The Kier molecular flexibility index (Phi) is 4.77. The Labute approximate surface area is 119 Å². The molecule has 0 saturated carbocycles. The van der Waals surface area contributed by atoms with Crippen LogP contribution in [-0.4, -0.2) is 54.2 Å². The maximum atomic E-state index is 11.7. The van der Waals surface area contributed by atoms with E-state index in [2.05, 4.69) is 15.3 Å². The summed E-state index contributed by atoms with van der Waals surface area (Å²) in [4.78, 5) is 8.28. The van der Waals surface area contributed by atoms with Crippen molar-refractivity contribution >= 4 is 15.8 Å². The first kappa shape index (κ1) is 15.0. The minimum absolute atomic E-state index is 0.00575. The van der Waals surface area contributed by atoms with Gasteiger partial charge in [-0.3, -0.25) is 0 Å². The van der Waals surface area contributed by atoms with Crippen LogP contribution in [0.15, 0.2) is 12.4 Å². The number of anilines is 1. The summed E-state index contributed by atoms with van der Waals surface area (Å²) in [6.45, 7) is 5.33. The van der Waals surface area contributed by atoms with Gasteiger partial charge in [0.05, 0.1) is 11.9 Å². The second-order valence-electron chi connectivity index (χ2n) is 4.87. The third-order valence-corrected chi connectivity index (χ3v) is 4.83. The van der Waals surface area contributed by atoms with Gasteiger partial charge in [-0.2, -0.15) is 0 Å². The highest BCUT2D eigenvalue weighted by Crippen LogP contribution is 2.19. The number of ether oxygens (including phenoxy) is 1. The molecular formula is C12H20N4O3S. The largest absolute Gasteiger partial charge is 0.472 e. The zero-order chi connectivity index (χ0) is 14.6. The van der Waals surface area contributed by atoms with E-state index in [0.29, 0.717) is 37.8 Å². The number of nitrogens with one attached hydrogen (secondary N) is 1. The summed E-state index contributed by atoms with van der Waals surface area (Å²) in [6, 6.07) is 0. The van der Waals surface area contributed by atoms with Crippen LogP contribution in [0, 0.1) is 0 Å². The third-order valence-electron chi connectivity index (χ3n) is 2.87. The molecule has 8 heteroatoms. The summed E-state index contributed by atoms with van der Waals surface area (Å²) in [5, 5.41) is 3.08. The molecule has 2 heterocycles. The first-order valence-corrected chi connectivity index (χ1v) is 8.29. The van der Waals surface area contributed by atoms with Crippen LogP contribution in [0.3, 0.4) is 0 Å². The fraction of sp³-hybridized carbons (Fsp3) is 0.667. The molecule has 0 bridgehead atoms. The lowest BCUT2D eigenvalue weighted by Gasteiger charge is -2.16. The second kappa shape index (κ2) is 6.36. The molecule has 1 aromatic heterocycles. The molecule has 112 valence electrons. The minimum atomic E-state index is -3.04. The van der Waals surface area contributed by atoms with Gasteiger partial charge in [0.1, 0.15) is 0 Å². The van der Waals surface area contributed by atoms with Crippen molar-refractivity contribution in [3.8, 4) is 5.88 Å². The van der Waals surface area contributed by atoms with Gasteiger partial charge in [0.2, 0.25) is 10.0 Å². The van der Waals surface area contributed by atoms with E-state index in [-0.39, 0.29) is 11.9 Å². The molecule has 1 aliphatic rings. The zero-order valence-corrected chi connectivity index (χ0v) is 12.6. The molecule has 0 amide bonds. The van der Waals surface area contributed by atoms with Crippen LogP contribution < -0.4 is 10.1 Å². The monoisotopic (exact) mass is 300 g/mol. The summed E-state index contributed by atoms with van der Waals surface area (Å²) in [5.74, 6) is 1.23. The maximum absolute atomic E-state index is 11.7. The molecule has 0 atom stereocenters. The number of nitrogens with zero attached hydrogens (tertiary/aromatic N) is 3. The lowest BCUT2D eigenvalue weighted by Crippen LogP contribution is -2.31. The average Bonchev–Trinajstić information content (AvgIpc) is 2.70. The number of rotatable bonds is 6. The van der Waals surface area contributed by atoms with Crippen LogP contribution in [0.2, 0.25) is 0 Å². The number of sulfonamides is 1. The van der Waals surface area contributed by atoms with E-state index in [9.17, 15) is 8.42 Å². The fourth-order valence-corrected chi connectivity index (χ4v) is 3.53. The maximum Gasteiger partial charge on any atom is 0.257 e. The van der Waals surface area contributed by atoms with Gasteiger partial charge in [-0.15, -0.1) is 0 Å². The fourth-order valence-electron chi connectivity index (χ4n) is 2.00. The van der Waals surface area contributed by atoms with Gasteiger partial charge < -0.3 is 10.1 Å². The SMILES string of the molecule is CC(C)Oc1nccnc1NCCN1CCCS1(=O)=O. The second-order valence-corrected chi connectivity index (χ2v) is 6.96. The first-order chi connectivity index (χ1) is 9.49. The van der Waals surface area contributed by atoms with Gasteiger partial charge in [-0.25, -0.2) is 22.7 Å². The van der Waals surface area contributed by atoms with E-state index >= 15 is 0 Å². The van der Waals surface area contributed by atoms with Gasteiger partial charge in [0, 0.05) is 32.0 Å². The van der Waals surface area contributed by atoms with Crippen molar-refractivity contribution in [2.24, 2.45) is 0 Å². The van der Waals surface area contributed by atoms with E-state index in [0.717, 1.165) is 0 Å². The molecule has 1 aliphatic heterocycles. The molecule has 0 aliphatic carbocycles. The van der Waals surface area contributed by atoms with E-state index in [4.69, 9.17) is 4.74 Å². The van der Waals surface area contributed by atoms with Gasteiger partial charge in [-0.1, -0.05) is 0 Å². The van der Waals surface area contributed by atoms with Crippen molar-refractivity contribution < 1.29 is 13.2 Å². The molecule has 0 spiro atoms. The predicted octanol–water partition coefficient (Wildman–Crippen LogP) is 0.711. The topological polar surface area (TPSA) is 84.4 Å². The van der Waals surface area contributed by atoms with Crippen LogP contribution in [0.1, 0.15) is 20.3 Å². The molecule has 1 fully saturated rings. The van der Waals surface area contributed by atoms with Crippen LogP contribution >= 0.6 is 0 Å². The first-order valence-electron chi connectivity index (χ1n) is 6.68. The van der Waals surface area contributed by atoms with Crippen LogP contribution in [0.5, 0.6) is 5.88 Å². The molecule has 1 aromatic rings. The molecule has 1 N–H and O–H groups in total. The molecule has 0 radical (unpaired) electrons. The Morgan fingerprint density at radius 3 is 2.80 bits per heavy atom. The minimum Gasteiger partial charge on any atom is -0.472 e. The highest BCUT2D eigenvalue weighted by Gasteiger charge is 2.27. The lowest BCUT2D eigenvalue weighted by atomic mass is 10.4. The Morgan fingerprint density at radius 1 is 1.40 bits per heavy atom. The Bertz CT molecular complexity index is 547. The predicted molar refractivity (Wildman–Crippen MR) is 76.3 cm³/mol. The highest BCUT2D eigenvalue weighted by atomic mass is 32.2. The summed E-state index contributed by atoms with van der Waals surface area (Å²) in [7, 11) is -3.04. The Balaban J connectivity index is 1.91. The van der Waals surface area contributed by atoms with Crippen molar-refractivity contribution in [1.29, 1.82) is 0 Å². The van der Waals surface area contributed by atoms with Crippen molar-refractivity contribution in [1.82, 2.24) is 14.3 Å². The smallest absolute Gasteiger partial charge is 0.257 e. The molecule has 0 unspecified atom stereocenters. The molecular weight excluding hydrogens is 280 g/mol. The lowest BCUT2D eigenvalue weighted by molar-refractivity contribution is 0.233. The van der Waals surface area contributed by atoms with Crippen molar-refractivity contribution in [2.75, 3.05) is 30.7 Å². The van der Waals surface area contributed by atoms with E-state index in [1.54, 1.807) is 12.4 Å². The van der Waals surface area contributed by atoms with Gasteiger partial charge in [-0.05, 0) is 20.3 Å². The molecule has 2 rings (SSSR count). The zero-order valence-electron chi connectivity index (χ0n) is 11.7. The summed E-state index contributed by atoms with van der Waals surface area (Å²) < 4.78 is 30.4. The Hall–Kier alpha value is -1.41. The molecule has 20 heavy (non-hydrogen) atoms. The third kappa shape index (κ3) is 3.80. The average molecular weight is 300 g/mol.